The van der Waals surface area contributed by atoms with Gasteiger partial charge in [0.2, 0.25) is 11.8 Å². The Hall–Kier alpha value is -1.10. The molecule has 2 atom stereocenters. The lowest BCUT2D eigenvalue weighted by Crippen LogP contribution is -2.32. The molecular weight excluding hydrogens is 232 g/mol. The molecule has 0 bridgehead atoms. The highest BCUT2D eigenvalue weighted by molar-refractivity contribution is 5.92. The van der Waals surface area contributed by atoms with Crippen molar-refractivity contribution < 1.29 is 14.3 Å². The molecule has 0 aromatic carbocycles. The average Bonchev–Trinajstić information content (AvgIpc) is 3.08. The third kappa shape index (κ3) is 5.04. The number of rotatable bonds is 8. The standard InChI is InChI=1S/C13H24N2O3/c1-9(2)4-5-14-12(16)10-8-11(10)13(17)15-6-7-18-3/h9-11H,4-8H2,1-3H3,(H,14,16)(H,15,17). The number of hydrogen-bond donors (Lipinski definition) is 2. The molecule has 2 N–H and O–H groups in total. The van der Waals surface area contributed by atoms with Crippen molar-refractivity contribution in [3.63, 3.8) is 0 Å². The fraction of sp³-hybridized carbons (Fsp3) is 0.846. The number of hydrogen-bond acceptors (Lipinski definition) is 3. The summed E-state index contributed by atoms with van der Waals surface area (Å²) in [7, 11) is 1.59. The van der Waals surface area contributed by atoms with E-state index in [1.807, 2.05) is 0 Å². The molecule has 104 valence electrons. The summed E-state index contributed by atoms with van der Waals surface area (Å²) in [5, 5.41) is 5.65. The molecule has 0 aliphatic heterocycles. The van der Waals surface area contributed by atoms with Gasteiger partial charge in [0.05, 0.1) is 18.4 Å². The van der Waals surface area contributed by atoms with E-state index in [1.54, 1.807) is 7.11 Å². The van der Waals surface area contributed by atoms with E-state index in [0.717, 1.165) is 6.42 Å². The van der Waals surface area contributed by atoms with E-state index in [4.69, 9.17) is 4.74 Å². The number of methoxy groups -OCH3 is 1. The van der Waals surface area contributed by atoms with E-state index >= 15 is 0 Å². The van der Waals surface area contributed by atoms with E-state index in [-0.39, 0.29) is 23.7 Å². The van der Waals surface area contributed by atoms with Crippen molar-refractivity contribution in [2.75, 3.05) is 26.8 Å². The van der Waals surface area contributed by atoms with Gasteiger partial charge < -0.3 is 15.4 Å². The van der Waals surface area contributed by atoms with Gasteiger partial charge in [-0.05, 0) is 18.8 Å². The molecule has 1 fully saturated rings. The molecule has 0 spiro atoms. The zero-order valence-corrected chi connectivity index (χ0v) is 11.5. The van der Waals surface area contributed by atoms with E-state index in [0.29, 0.717) is 32.0 Å². The highest BCUT2D eigenvalue weighted by Crippen LogP contribution is 2.38. The van der Waals surface area contributed by atoms with Crippen LogP contribution in [0.4, 0.5) is 0 Å². The van der Waals surface area contributed by atoms with E-state index in [9.17, 15) is 9.59 Å². The van der Waals surface area contributed by atoms with Gasteiger partial charge in [-0.3, -0.25) is 9.59 Å². The maximum absolute atomic E-state index is 11.7. The molecule has 18 heavy (non-hydrogen) atoms. The molecular formula is C13H24N2O3. The smallest absolute Gasteiger partial charge is 0.224 e. The van der Waals surface area contributed by atoms with Crippen molar-refractivity contribution in [2.45, 2.75) is 26.7 Å². The van der Waals surface area contributed by atoms with Gasteiger partial charge >= 0.3 is 0 Å². The van der Waals surface area contributed by atoms with Crippen LogP contribution >= 0.6 is 0 Å². The van der Waals surface area contributed by atoms with Crippen LogP contribution in [-0.2, 0) is 14.3 Å². The van der Waals surface area contributed by atoms with Crippen molar-refractivity contribution in [3.8, 4) is 0 Å². The van der Waals surface area contributed by atoms with Gasteiger partial charge in [0.15, 0.2) is 0 Å². The first-order chi connectivity index (χ1) is 8.56. The summed E-state index contributed by atoms with van der Waals surface area (Å²) >= 11 is 0. The Balaban J connectivity index is 2.14. The van der Waals surface area contributed by atoms with Crippen molar-refractivity contribution in [1.29, 1.82) is 0 Å². The molecule has 2 unspecified atom stereocenters. The van der Waals surface area contributed by atoms with Crippen LogP contribution in [0.15, 0.2) is 0 Å². The summed E-state index contributed by atoms with van der Waals surface area (Å²) in [6.07, 6.45) is 1.65. The molecule has 0 aromatic heterocycles. The molecule has 1 aliphatic carbocycles. The molecule has 0 heterocycles. The summed E-state index contributed by atoms with van der Waals surface area (Å²) in [5.74, 6) is 0.303. The third-order valence-electron chi connectivity index (χ3n) is 3.09. The highest BCUT2D eigenvalue weighted by Gasteiger charge is 2.47. The summed E-state index contributed by atoms with van der Waals surface area (Å²) < 4.78 is 4.85. The minimum absolute atomic E-state index is 0.0162. The second-order valence-electron chi connectivity index (χ2n) is 5.21. The predicted molar refractivity (Wildman–Crippen MR) is 68.9 cm³/mol. The second kappa shape index (κ2) is 7.36. The van der Waals surface area contributed by atoms with Crippen LogP contribution < -0.4 is 10.6 Å². The quantitative estimate of drug-likeness (QED) is 0.623. The lowest BCUT2D eigenvalue weighted by atomic mass is 10.1. The third-order valence-corrected chi connectivity index (χ3v) is 3.09. The Morgan fingerprint density at radius 3 is 2.22 bits per heavy atom. The van der Waals surface area contributed by atoms with Gasteiger partial charge in [-0.1, -0.05) is 13.8 Å². The molecule has 1 rings (SSSR count). The van der Waals surface area contributed by atoms with Crippen molar-refractivity contribution in [3.05, 3.63) is 0 Å². The Morgan fingerprint density at radius 2 is 1.72 bits per heavy atom. The molecule has 0 aromatic rings. The van der Waals surface area contributed by atoms with Gasteiger partial charge in [-0.25, -0.2) is 0 Å². The maximum Gasteiger partial charge on any atom is 0.224 e. The van der Waals surface area contributed by atoms with Crippen LogP contribution in [0.25, 0.3) is 0 Å². The molecule has 0 saturated heterocycles. The van der Waals surface area contributed by atoms with Crippen LogP contribution in [0.1, 0.15) is 26.7 Å². The van der Waals surface area contributed by atoms with Gasteiger partial charge in [-0.15, -0.1) is 0 Å². The largest absolute Gasteiger partial charge is 0.383 e. The lowest BCUT2D eigenvalue weighted by Gasteiger charge is -2.07. The normalized spacial score (nSPS) is 21.8. The van der Waals surface area contributed by atoms with E-state index in [1.165, 1.54) is 0 Å². The van der Waals surface area contributed by atoms with Gasteiger partial charge in [-0.2, -0.15) is 0 Å². The first-order valence-electron chi connectivity index (χ1n) is 6.60. The second-order valence-corrected chi connectivity index (χ2v) is 5.21. The van der Waals surface area contributed by atoms with Crippen LogP contribution in [0, 0.1) is 17.8 Å². The number of carbonyl (C=O) groups is 2. The lowest BCUT2D eigenvalue weighted by molar-refractivity contribution is -0.127. The fourth-order valence-corrected chi connectivity index (χ4v) is 1.80. The average molecular weight is 256 g/mol. The van der Waals surface area contributed by atoms with Crippen LogP contribution in [0.3, 0.4) is 0 Å². The first kappa shape index (κ1) is 15.0. The van der Waals surface area contributed by atoms with Crippen LogP contribution in [0.5, 0.6) is 0 Å². The van der Waals surface area contributed by atoms with Crippen molar-refractivity contribution in [2.24, 2.45) is 17.8 Å². The molecule has 0 radical (unpaired) electrons. The fourth-order valence-electron chi connectivity index (χ4n) is 1.80. The Labute approximate surface area is 109 Å². The maximum atomic E-state index is 11.7. The molecule has 5 nitrogen and oxygen atoms in total. The van der Waals surface area contributed by atoms with E-state index in [2.05, 4.69) is 24.5 Å². The van der Waals surface area contributed by atoms with Crippen molar-refractivity contribution in [1.82, 2.24) is 10.6 Å². The zero-order valence-electron chi connectivity index (χ0n) is 11.5. The topological polar surface area (TPSA) is 67.4 Å². The number of ether oxygens (including phenoxy) is 1. The zero-order chi connectivity index (χ0) is 13.5. The summed E-state index contributed by atoms with van der Waals surface area (Å²) in [5.41, 5.74) is 0. The molecule has 2 amide bonds. The van der Waals surface area contributed by atoms with Crippen LogP contribution in [0.2, 0.25) is 0 Å². The highest BCUT2D eigenvalue weighted by atomic mass is 16.5. The SMILES string of the molecule is COCCNC(=O)C1CC1C(=O)NCCC(C)C. The van der Waals surface area contributed by atoms with Gasteiger partial charge in [0.1, 0.15) is 0 Å². The van der Waals surface area contributed by atoms with Crippen molar-refractivity contribution >= 4 is 11.8 Å². The Morgan fingerprint density at radius 1 is 1.17 bits per heavy atom. The summed E-state index contributed by atoms with van der Waals surface area (Å²) in [6.45, 7) is 5.95. The molecule has 1 saturated carbocycles. The minimum Gasteiger partial charge on any atom is -0.383 e. The first-order valence-corrected chi connectivity index (χ1v) is 6.60. The summed E-state index contributed by atoms with van der Waals surface area (Å²) in [6, 6.07) is 0. The van der Waals surface area contributed by atoms with Gasteiger partial charge in [0.25, 0.3) is 0 Å². The summed E-state index contributed by atoms with van der Waals surface area (Å²) in [4.78, 5) is 23.3. The number of amides is 2. The minimum atomic E-state index is -0.138. The Bertz CT molecular complexity index is 292. The molecule has 5 heteroatoms. The van der Waals surface area contributed by atoms with Gasteiger partial charge in [0, 0.05) is 20.2 Å². The van der Waals surface area contributed by atoms with Crippen LogP contribution in [-0.4, -0.2) is 38.6 Å². The number of carbonyl (C=O) groups excluding carboxylic acids is 2. The monoisotopic (exact) mass is 256 g/mol. The predicted octanol–water partition coefficient (Wildman–Crippen LogP) is 0.547. The Kier molecular flexibility index (Phi) is 6.12. The molecule has 1 aliphatic rings. The number of nitrogens with one attached hydrogen (secondary N) is 2. The van der Waals surface area contributed by atoms with E-state index < -0.39 is 0 Å².